The first kappa shape index (κ1) is 20.1. The Morgan fingerprint density at radius 3 is 2.48 bits per heavy atom. The highest BCUT2D eigenvalue weighted by molar-refractivity contribution is 8.18. The fraction of sp³-hybridized carbons (Fsp3) is 0.0556. The highest BCUT2D eigenvalue weighted by atomic mass is 32.2. The third kappa shape index (κ3) is 4.63. The van der Waals surface area contributed by atoms with Gasteiger partial charge in [0.25, 0.3) is 16.8 Å². The molecule has 1 heterocycles. The minimum Gasteiger partial charge on any atom is -0.322 e. The van der Waals surface area contributed by atoms with E-state index in [1.54, 1.807) is 0 Å². The van der Waals surface area contributed by atoms with Gasteiger partial charge in [-0.1, -0.05) is 0 Å². The Balaban J connectivity index is 1.69. The molecular weight excluding hydrogens is 408 g/mol. The van der Waals surface area contributed by atoms with Crippen molar-refractivity contribution < 1.29 is 28.1 Å². The van der Waals surface area contributed by atoms with Crippen LogP contribution in [0, 0.1) is 21.7 Å². The largest absolute Gasteiger partial charge is 0.322 e. The van der Waals surface area contributed by atoms with E-state index in [1.807, 2.05) is 0 Å². The average Bonchev–Trinajstić information content (AvgIpc) is 2.92. The van der Waals surface area contributed by atoms with Gasteiger partial charge in [0, 0.05) is 18.2 Å². The Morgan fingerprint density at radius 1 is 1.17 bits per heavy atom. The molecule has 1 aliphatic rings. The maximum Gasteiger partial charge on any atom is 0.294 e. The summed E-state index contributed by atoms with van der Waals surface area (Å²) in [7, 11) is 0. The van der Waals surface area contributed by atoms with Crippen LogP contribution in [0.2, 0.25) is 0 Å². The van der Waals surface area contributed by atoms with Crippen LogP contribution in [0.5, 0.6) is 0 Å². The summed E-state index contributed by atoms with van der Waals surface area (Å²) in [6.07, 6.45) is 1.37. The van der Waals surface area contributed by atoms with Gasteiger partial charge in [-0.3, -0.25) is 29.4 Å². The van der Waals surface area contributed by atoms with Gasteiger partial charge in [-0.15, -0.1) is 0 Å². The van der Waals surface area contributed by atoms with E-state index in [1.165, 1.54) is 30.3 Å². The Morgan fingerprint density at radius 2 is 1.86 bits per heavy atom. The molecule has 0 radical (unpaired) electrons. The molecule has 0 aromatic heterocycles. The van der Waals surface area contributed by atoms with E-state index in [0.717, 1.165) is 12.1 Å². The van der Waals surface area contributed by atoms with Crippen molar-refractivity contribution in [3.8, 4) is 0 Å². The first-order chi connectivity index (χ1) is 13.7. The number of rotatable bonds is 5. The van der Waals surface area contributed by atoms with Gasteiger partial charge in [0.05, 0.1) is 15.5 Å². The van der Waals surface area contributed by atoms with E-state index in [0.29, 0.717) is 28.3 Å². The zero-order valence-corrected chi connectivity index (χ0v) is 15.2. The second-order valence-electron chi connectivity index (χ2n) is 5.79. The molecule has 0 saturated carbocycles. The lowest BCUT2D eigenvalue weighted by Crippen LogP contribution is -2.36. The number of nitrogens with zero attached hydrogens (tertiary/aromatic N) is 2. The molecule has 11 heteroatoms. The van der Waals surface area contributed by atoms with Gasteiger partial charge in [0.1, 0.15) is 18.2 Å². The van der Waals surface area contributed by atoms with Crippen molar-refractivity contribution in [2.45, 2.75) is 0 Å². The lowest BCUT2D eigenvalue weighted by atomic mass is 10.2. The number of thioether (sulfide) groups is 1. The zero-order chi connectivity index (χ0) is 21.1. The van der Waals surface area contributed by atoms with Crippen molar-refractivity contribution in [2.75, 3.05) is 11.9 Å². The molecule has 1 aliphatic heterocycles. The molecule has 1 saturated heterocycles. The molecule has 0 aliphatic carbocycles. The van der Waals surface area contributed by atoms with Crippen LogP contribution in [0.4, 0.5) is 25.0 Å². The molecule has 0 spiro atoms. The van der Waals surface area contributed by atoms with Crippen LogP contribution in [-0.4, -0.2) is 33.4 Å². The molecule has 3 amide bonds. The zero-order valence-electron chi connectivity index (χ0n) is 14.4. The van der Waals surface area contributed by atoms with Crippen LogP contribution in [0.15, 0.2) is 47.4 Å². The first-order valence-corrected chi connectivity index (χ1v) is 8.81. The topological polar surface area (TPSA) is 110 Å². The standard InChI is InChI=1S/C18H11F2N3O5S/c19-11-3-6-14(13(20)8-11)21-16(24)9-22-17(25)15(29-18(22)26)7-10-1-4-12(5-2-10)23(27)28/h1-8H,9H2,(H,21,24)/b15-7+. The van der Waals surface area contributed by atoms with E-state index < -0.39 is 40.2 Å². The van der Waals surface area contributed by atoms with Gasteiger partial charge >= 0.3 is 0 Å². The minimum absolute atomic E-state index is 0.0321. The van der Waals surface area contributed by atoms with Gasteiger partial charge in [-0.05, 0) is 47.7 Å². The summed E-state index contributed by atoms with van der Waals surface area (Å²) in [5, 5.41) is 12.1. The Bertz CT molecular complexity index is 1060. The lowest BCUT2D eigenvalue weighted by molar-refractivity contribution is -0.384. The number of carbonyl (C=O) groups is 3. The molecule has 2 aromatic rings. The van der Waals surface area contributed by atoms with Gasteiger partial charge in [-0.25, -0.2) is 8.78 Å². The predicted molar refractivity (Wildman–Crippen MR) is 101 cm³/mol. The molecular formula is C18H11F2N3O5S. The monoisotopic (exact) mass is 419 g/mol. The summed E-state index contributed by atoms with van der Waals surface area (Å²) >= 11 is 0.602. The molecule has 0 atom stereocenters. The van der Waals surface area contributed by atoms with Crippen LogP contribution in [-0.2, 0) is 9.59 Å². The number of nitro groups is 1. The SMILES string of the molecule is O=C(CN1C(=O)S/C(=C/c2ccc([N+](=O)[O-])cc2)C1=O)Nc1ccc(F)cc1F. The summed E-state index contributed by atoms with van der Waals surface area (Å²) in [4.78, 5) is 47.3. The van der Waals surface area contributed by atoms with E-state index in [4.69, 9.17) is 0 Å². The molecule has 1 fully saturated rings. The number of amides is 3. The van der Waals surface area contributed by atoms with Gasteiger partial charge in [0.2, 0.25) is 5.91 Å². The molecule has 3 rings (SSSR count). The molecule has 148 valence electrons. The van der Waals surface area contributed by atoms with Crippen molar-refractivity contribution >= 4 is 46.3 Å². The molecule has 1 N–H and O–H groups in total. The second-order valence-corrected chi connectivity index (χ2v) is 6.78. The third-order valence-electron chi connectivity index (χ3n) is 3.78. The highest BCUT2D eigenvalue weighted by Gasteiger charge is 2.36. The summed E-state index contributed by atoms with van der Waals surface area (Å²) in [5.74, 6) is -3.38. The minimum atomic E-state index is -0.995. The van der Waals surface area contributed by atoms with Crippen molar-refractivity contribution in [3.05, 3.63) is 74.7 Å². The molecule has 8 nitrogen and oxygen atoms in total. The van der Waals surface area contributed by atoms with Gasteiger partial charge in [-0.2, -0.15) is 0 Å². The normalized spacial score (nSPS) is 15.1. The summed E-state index contributed by atoms with van der Waals surface area (Å²) in [6, 6.07) is 7.88. The van der Waals surface area contributed by atoms with Gasteiger partial charge < -0.3 is 5.32 Å². The predicted octanol–water partition coefficient (Wildman–Crippen LogP) is 3.55. The fourth-order valence-electron chi connectivity index (χ4n) is 2.40. The summed E-state index contributed by atoms with van der Waals surface area (Å²) in [5.41, 5.74) is 0.0451. The Hall–Kier alpha value is -3.60. The highest BCUT2D eigenvalue weighted by Crippen LogP contribution is 2.32. The smallest absolute Gasteiger partial charge is 0.294 e. The number of nitrogens with one attached hydrogen (secondary N) is 1. The number of benzene rings is 2. The van der Waals surface area contributed by atoms with Crippen LogP contribution >= 0.6 is 11.8 Å². The number of halogens is 2. The van der Waals surface area contributed by atoms with Crippen molar-refractivity contribution in [1.29, 1.82) is 0 Å². The van der Waals surface area contributed by atoms with E-state index in [2.05, 4.69) is 5.32 Å². The second kappa shape index (κ2) is 8.19. The van der Waals surface area contributed by atoms with Crippen LogP contribution in [0.1, 0.15) is 5.56 Å². The van der Waals surface area contributed by atoms with Crippen molar-refractivity contribution in [1.82, 2.24) is 4.90 Å². The third-order valence-corrected chi connectivity index (χ3v) is 4.69. The van der Waals surface area contributed by atoms with E-state index >= 15 is 0 Å². The number of non-ortho nitro benzene ring substituents is 1. The van der Waals surface area contributed by atoms with Gasteiger partial charge in [0.15, 0.2) is 0 Å². The van der Waals surface area contributed by atoms with E-state index in [9.17, 15) is 33.3 Å². The lowest BCUT2D eigenvalue weighted by Gasteiger charge is -2.12. The number of hydrogen-bond donors (Lipinski definition) is 1. The Labute approximate surface area is 166 Å². The average molecular weight is 419 g/mol. The molecule has 2 aromatic carbocycles. The fourth-order valence-corrected chi connectivity index (χ4v) is 3.24. The number of nitro benzene ring substituents is 1. The van der Waals surface area contributed by atoms with Crippen molar-refractivity contribution in [3.63, 3.8) is 0 Å². The van der Waals surface area contributed by atoms with E-state index in [-0.39, 0.29) is 16.3 Å². The number of carbonyl (C=O) groups excluding carboxylic acids is 3. The van der Waals surface area contributed by atoms with Crippen LogP contribution in [0.3, 0.4) is 0 Å². The molecule has 0 unspecified atom stereocenters. The summed E-state index contributed by atoms with van der Waals surface area (Å²) < 4.78 is 26.5. The summed E-state index contributed by atoms with van der Waals surface area (Å²) in [6.45, 7) is -0.654. The molecule has 29 heavy (non-hydrogen) atoms. The van der Waals surface area contributed by atoms with Crippen LogP contribution < -0.4 is 5.32 Å². The maximum atomic E-state index is 13.6. The quantitative estimate of drug-likeness (QED) is 0.451. The molecule has 0 bridgehead atoms. The number of anilines is 1. The Kier molecular flexibility index (Phi) is 5.69. The first-order valence-electron chi connectivity index (χ1n) is 7.99. The number of imide groups is 1. The number of hydrogen-bond acceptors (Lipinski definition) is 6. The van der Waals surface area contributed by atoms with Crippen LogP contribution in [0.25, 0.3) is 6.08 Å². The maximum absolute atomic E-state index is 13.6. The van der Waals surface area contributed by atoms with Crippen molar-refractivity contribution in [2.24, 2.45) is 0 Å².